The van der Waals surface area contributed by atoms with E-state index in [2.05, 4.69) is 4.84 Å². The Bertz CT molecular complexity index is 1240. The highest BCUT2D eigenvalue weighted by Gasteiger charge is 2.89. The quantitative estimate of drug-likeness (QED) is 0.0643. The lowest BCUT2D eigenvalue weighted by Crippen LogP contribution is -2.70. The van der Waals surface area contributed by atoms with Crippen LogP contribution in [0.5, 0.6) is 0 Å². The van der Waals surface area contributed by atoms with Crippen LogP contribution in [0.3, 0.4) is 0 Å². The van der Waals surface area contributed by atoms with Gasteiger partial charge in [-0.15, -0.1) is 0 Å². The van der Waals surface area contributed by atoms with Crippen LogP contribution in [0.4, 0.5) is 52.7 Å². The normalized spacial score (nSPS) is 16.0. The summed E-state index contributed by atoms with van der Waals surface area (Å²) in [5.74, 6) is -50.7. The maximum atomic E-state index is 14.0. The van der Waals surface area contributed by atoms with Crippen molar-refractivity contribution in [1.29, 1.82) is 0 Å². The van der Waals surface area contributed by atoms with Crippen LogP contribution in [0.25, 0.3) is 0 Å². The fourth-order valence-electron chi connectivity index (χ4n) is 2.86. The Morgan fingerprint density at radius 3 is 1.71 bits per heavy atom. The number of alkyl halides is 13. The molecule has 0 aromatic heterocycles. The van der Waals surface area contributed by atoms with Gasteiger partial charge in [-0.1, -0.05) is 27.7 Å². The Kier molecular flexibility index (Phi) is 11.0. The predicted molar refractivity (Wildman–Crippen MR) is 118 cm³/mol. The molecule has 0 aromatic carbocycles. The van der Waals surface area contributed by atoms with Crippen LogP contribution in [-0.4, -0.2) is 88.2 Å². The topological polar surface area (TPSA) is 147 Å². The largest absolute Gasteiger partial charge is 0.384 e. The van der Waals surface area contributed by atoms with Gasteiger partial charge in [0, 0.05) is 25.5 Å². The van der Waals surface area contributed by atoms with Crippen molar-refractivity contribution in [2.75, 3.05) is 11.0 Å². The number of hydrogen-bond donors (Lipinski definition) is 2. The van der Waals surface area contributed by atoms with E-state index < -0.39 is 112 Å². The SMILES string of the molecule is O=C(CI)NCCCC(F)(F)C(F)(F)C(F)(F)C(F)(F)C(F)(F)C(F)(F)CCC(=O)ON1C(=O)C=C(S(=O)(=O)O)C1=O. The summed E-state index contributed by atoms with van der Waals surface area (Å²) in [6.45, 7) is -0.873. The van der Waals surface area contributed by atoms with Crippen LogP contribution in [0, 0.1) is 0 Å². The lowest BCUT2D eigenvalue weighted by atomic mass is 9.88. The lowest BCUT2D eigenvalue weighted by Gasteiger charge is -2.41. The van der Waals surface area contributed by atoms with Crippen molar-refractivity contribution >= 4 is 56.4 Å². The van der Waals surface area contributed by atoms with Crippen molar-refractivity contribution in [3.63, 3.8) is 0 Å². The second-order valence-corrected chi connectivity index (χ2v) is 10.3. The molecule has 0 saturated carbocycles. The minimum Gasteiger partial charge on any atom is -0.355 e. The minimum absolute atomic E-state index is 0.159. The highest BCUT2D eigenvalue weighted by molar-refractivity contribution is 14.1. The predicted octanol–water partition coefficient (Wildman–Crippen LogP) is 3.51. The smallest absolute Gasteiger partial charge is 0.355 e. The Hall–Kier alpha value is -2.38. The number of halogens is 13. The summed E-state index contributed by atoms with van der Waals surface area (Å²) in [7, 11) is -5.42. The van der Waals surface area contributed by atoms with Gasteiger partial charge in [-0.25, -0.2) is 4.79 Å². The van der Waals surface area contributed by atoms with Gasteiger partial charge < -0.3 is 10.2 Å². The molecule has 1 aliphatic rings. The monoisotopic (exact) mass is 774 g/mol. The minimum atomic E-state index is -7.93. The summed E-state index contributed by atoms with van der Waals surface area (Å²) in [5.41, 5.74) is 0. The molecule has 0 fully saturated rings. The maximum absolute atomic E-state index is 14.0. The van der Waals surface area contributed by atoms with Crippen LogP contribution in [0.1, 0.15) is 25.7 Å². The zero-order valence-electron chi connectivity index (χ0n) is 19.9. The van der Waals surface area contributed by atoms with Crippen molar-refractivity contribution < 1.29 is 89.7 Å². The van der Waals surface area contributed by atoms with Gasteiger partial charge in [0.25, 0.3) is 16.0 Å². The summed E-state index contributed by atoms with van der Waals surface area (Å²) in [6, 6.07) is 0. The van der Waals surface area contributed by atoms with Gasteiger partial charge in [0.05, 0.1) is 10.8 Å². The van der Waals surface area contributed by atoms with E-state index >= 15 is 0 Å². The third-order valence-corrected chi connectivity index (χ3v) is 6.72. The fourth-order valence-corrected chi connectivity index (χ4v) is 3.69. The van der Waals surface area contributed by atoms with Crippen LogP contribution in [-0.2, 0) is 34.1 Å². The number of carbonyl (C=O) groups excluding carboxylic acids is 4. The van der Waals surface area contributed by atoms with E-state index in [1.807, 2.05) is 5.32 Å². The second-order valence-electron chi connectivity index (χ2n) is 8.18. The van der Waals surface area contributed by atoms with E-state index in [-0.39, 0.29) is 10.5 Å². The molecule has 42 heavy (non-hydrogen) atoms. The molecular weight excluding hydrogens is 759 g/mol. The van der Waals surface area contributed by atoms with Crippen LogP contribution < -0.4 is 5.32 Å². The number of hydroxylamine groups is 2. The van der Waals surface area contributed by atoms with E-state index in [0.29, 0.717) is 0 Å². The molecule has 0 aromatic rings. The number of hydrogen-bond acceptors (Lipinski definition) is 7. The summed E-state index contributed by atoms with van der Waals surface area (Å²) in [4.78, 5) is 47.7. The fraction of sp³-hybridized carbons (Fsp3) is 0.667. The van der Waals surface area contributed by atoms with E-state index in [1.54, 1.807) is 0 Å². The Morgan fingerprint density at radius 2 is 1.31 bits per heavy atom. The first-order chi connectivity index (χ1) is 18.6. The molecule has 0 unspecified atom stereocenters. The van der Waals surface area contributed by atoms with E-state index in [9.17, 15) is 80.3 Å². The van der Waals surface area contributed by atoms with Crippen molar-refractivity contribution in [2.45, 2.75) is 61.2 Å². The molecule has 0 bridgehead atoms. The molecule has 0 aliphatic carbocycles. The summed E-state index contributed by atoms with van der Waals surface area (Å²) < 4.78 is 198. The molecule has 0 atom stereocenters. The molecule has 3 amide bonds. The third kappa shape index (κ3) is 7.05. The van der Waals surface area contributed by atoms with Crippen LogP contribution in [0.2, 0.25) is 0 Å². The zero-order chi connectivity index (χ0) is 33.3. The van der Waals surface area contributed by atoms with Gasteiger partial charge in [0.2, 0.25) is 5.91 Å². The first kappa shape index (κ1) is 37.6. The first-order valence-corrected chi connectivity index (χ1v) is 13.5. The highest BCUT2D eigenvalue weighted by Crippen LogP contribution is 2.61. The van der Waals surface area contributed by atoms with E-state index in [0.717, 1.165) is 0 Å². The van der Waals surface area contributed by atoms with Gasteiger partial charge in [0.1, 0.15) is 0 Å². The van der Waals surface area contributed by atoms with Crippen molar-refractivity contribution in [1.82, 2.24) is 10.4 Å². The first-order valence-electron chi connectivity index (χ1n) is 10.5. The van der Waals surface area contributed by atoms with E-state index in [1.165, 1.54) is 22.6 Å². The molecule has 1 heterocycles. The van der Waals surface area contributed by atoms with Crippen molar-refractivity contribution in [2.24, 2.45) is 0 Å². The van der Waals surface area contributed by atoms with Crippen LogP contribution in [0.15, 0.2) is 11.0 Å². The number of nitrogens with zero attached hydrogens (tertiary/aromatic N) is 1. The molecule has 1 aliphatic heterocycles. The third-order valence-electron chi connectivity index (χ3n) is 5.18. The van der Waals surface area contributed by atoms with Gasteiger partial charge >= 0.3 is 47.4 Å². The summed E-state index contributed by atoms with van der Waals surface area (Å²) in [6.07, 6.45) is -9.06. The van der Waals surface area contributed by atoms with Crippen molar-refractivity contribution in [3.05, 3.63) is 11.0 Å². The number of carbonyl (C=O) groups is 4. The summed E-state index contributed by atoms with van der Waals surface area (Å²) in [5, 5.41) is 1.01. The van der Waals surface area contributed by atoms with Gasteiger partial charge in [-0.2, -0.15) is 61.1 Å². The molecule has 10 nitrogen and oxygen atoms in total. The standard InChI is InChI=1S/C18H15F12IN2O8S/c19-13(20,3-1-5-32-9(34)7-31)15(23,24)17(27,28)18(29,30)16(25,26)14(21,22)4-2-11(36)41-33-10(35)6-8(12(33)37)42(38,39)40/h6H,1-5,7H2,(H,32,34)(H,38,39,40). The molecule has 0 saturated heterocycles. The average molecular weight is 774 g/mol. The van der Waals surface area contributed by atoms with Gasteiger partial charge in [0.15, 0.2) is 4.91 Å². The molecular formula is C18H15F12IN2O8S. The Labute approximate surface area is 239 Å². The van der Waals surface area contributed by atoms with Crippen LogP contribution >= 0.6 is 22.6 Å². The molecule has 1 rings (SSSR count). The molecule has 242 valence electrons. The molecule has 0 spiro atoms. The highest BCUT2D eigenvalue weighted by atomic mass is 127. The Balaban J connectivity index is 3.09. The molecule has 2 N–H and O–H groups in total. The number of nitrogens with one attached hydrogen (secondary N) is 1. The van der Waals surface area contributed by atoms with Gasteiger partial charge in [-0.3, -0.25) is 18.9 Å². The second kappa shape index (κ2) is 12.3. The van der Waals surface area contributed by atoms with Crippen molar-refractivity contribution in [3.8, 4) is 0 Å². The summed E-state index contributed by atoms with van der Waals surface area (Å²) >= 11 is 1.47. The van der Waals surface area contributed by atoms with E-state index in [4.69, 9.17) is 4.55 Å². The average Bonchev–Trinajstić information content (AvgIpc) is 3.13. The lowest BCUT2D eigenvalue weighted by molar-refractivity contribution is -0.425. The van der Waals surface area contributed by atoms with Gasteiger partial charge in [-0.05, 0) is 6.42 Å². The Morgan fingerprint density at radius 1 is 0.857 bits per heavy atom. The maximum Gasteiger partial charge on any atom is 0.384 e. The molecule has 0 radical (unpaired) electrons. The number of imide groups is 1. The number of rotatable bonds is 15. The molecule has 24 heteroatoms. The number of amides is 3. The zero-order valence-corrected chi connectivity index (χ0v) is 22.9.